The minimum atomic E-state index is -0.613. The molecule has 2 atom stereocenters. The first kappa shape index (κ1) is 23.4. The lowest BCUT2D eigenvalue weighted by atomic mass is 9.67. The van der Waals surface area contributed by atoms with Crippen molar-refractivity contribution in [3.63, 3.8) is 0 Å². The average Bonchev–Trinajstić information content (AvgIpc) is 3.39. The fraction of sp³-hybridized carbons (Fsp3) is 0.600. The second-order valence-electron chi connectivity index (χ2n) is 8.19. The molecule has 2 fully saturated rings. The Hall–Kier alpha value is -3.28. The summed E-state index contributed by atoms with van der Waals surface area (Å²) < 4.78 is 6.71. The molecule has 12 heteroatoms. The van der Waals surface area contributed by atoms with Crippen molar-refractivity contribution in [1.82, 2.24) is 34.8 Å². The first-order valence-corrected chi connectivity index (χ1v) is 10.4. The number of carboxylic acid groups (broad SMARTS) is 1. The van der Waals surface area contributed by atoms with Crippen LogP contribution in [0.2, 0.25) is 0 Å². The number of amides is 2. The Bertz CT molecular complexity index is 958. The highest BCUT2D eigenvalue weighted by molar-refractivity contribution is 5.94. The van der Waals surface area contributed by atoms with Crippen LogP contribution >= 0.6 is 0 Å². The summed E-state index contributed by atoms with van der Waals surface area (Å²) in [6.45, 7) is 3.81. The van der Waals surface area contributed by atoms with Crippen molar-refractivity contribution in [3.8, 4) is 0 Å². The Morgan fingerprint density at radius 3 is 2.72 bits per heavy atom. The van der Waals surface area contributed by atoms with Gasteiger partial charge in [-0.25, -0.2) is 4.98 Å². The van der Waals surface area contributed by atoms with Crippen LogP contribution in [-0.4, -0.2) is 85.6 Å². The summed E-state index contributed by atoms with van der Waals surface area (Å²) in [6.07, 6.45) is 5.47. The van der Waals surface area contributed by atoms with E-state index in [9.17, 15) is 9.59 Å². The lowest BCUT2D eigenvalue weighted by Gasteiger charge is -2.53. The number of carbonyl (C=O) groups is 3. The number of aromatic nitrogens is 4. The van der Waals surface area contributed by atoms with Gasteiger partial charge in [-0.15, -0.1) is 0 Å². The Morgan fingerprint density at radius 2 is 2.09 bits per heavy atom. The fourth-order valence-corrected chi connectivity index (χ4v) is 4.61. The Kier molecular flexibility index (Phi) is 7.23. The summed E-state index contributed by atoms with van der Waals surface area (Å²) in [5.74, 6) is 0.807. The highest BCUT2D eigenvalue weighted by Gasteiger charge is 2.53. The second kappa shape index (κ2) is 9.90. The molecule has 4 heterocycles. The zero-order valence-corrected chi connectivity index (χ0v) is 18.5. The van der Waals surface area contributed by atoms with Crippen molar-refractivity contribution in [1.29, 1.82) is 0 Å². The molecule has 2 aromatic heterocycles. The number of fused-ring (bicyclic) bond motifs is 1. The van der Waals surface area contributed by atoms with E-state index in [4.69, 9.17) is 14.4 Å². The summed E-state index contributed by atoms with van der Waals surface area (Å²) in [6, 6.07) is -0.190. The molecule has 0 unspecified atom stereocenters. The number of piperidine rings is 2. The van der Waals surface area contributed by atoms with Crippen molar-refractivity contribution in [2.24, 2.45) is 12.5 Å². The number of nitrogens with zero attached hydrogens (tertiary/aromatic N) is 6. The molecule has 2 aliphatic rings. The quantitative estimate of drug-likeness (QED) is 0.621. The van der Waals surface area contributed by atoms with Gasteiger partial charge in [-0.1, -0.05) is 5.16 Å². The maximum absolute atomic E-state index is 13.4. The molecule has 2 amide bonds. The minimum Gasteiger partial charge on any atom is -0.483 e. The normalized spacial score (nSPS) is 23.0. The number of carbonyl (C=O) groups excluding carboxylic acids is 2. The smallest absolute Gasteiger partial charge is 0.290 e. The zero-order valence-electron chi connectivity index (χ0n) is 18.5. The maximum Gasteiger partial charge on any atom is 0.290 e. The Morgan fingerprint density at radius 1 is 1.34 bits per heavy atom. The van der Waals surface area contributed by atoms with Crippen LogP contribution in [0.4, 0.5) is 0 Å². The third-order valence-corrected chi connectivity index (χ3v) is 6.19. The van der Waals surface area contributed by atoms with Gasteiger partial charge < -0.3 is 29.3 Å². The van der Waals surface area contributed by atoms with Gasteiger partial charge in [0.2, 0.25) is 11.8 Å². The summed E-state index contributed by atoms with van der Waals surface area (Å²) in [5.41, 5.74) is -0.0747. The highest BCUT2D eigenvalue weighted by atomic mass is 16.5. The molecule has 0 saturated carbocycles. The van der Waals surface area contributed by atoms with E-state index >= 15 is 0 Å². The molecular weight excluding hydrogens is 418 g/mol. The number of likely N-dealkylation sites (tertiary alicyclic amines) is 2. The predicted molar refractivity (Wildman–Crippen MR) is 111 cm³/mol. The van der Waals surface area contributed by atoms with Gasteiger partial charge >= 0.3 is 0 Å². The molecular formula is C20H29N7O5. The van der Waals surface area contributed by atoms with Crippen molar-refractivity contribution < 1.29 is 24.0 Å². The molecule has 0 aromatic carbocycles. The third kappa shape index (κ3) is 4.64. The van der Waals surface area contributed by atoms with Crippen LogP contribution in [0.1, 0.15) is 41.5 Å². The van der Waals surface area contributed by atoms with Crippen LogP contribution in [0.15, 0.2) is 17.0 Å². The maximum atomic E-state index is 13.4. The third-order valence-electron chi connectivity index (χ3n) is 6.19. The molecule has 2 aromatic rings. The molecule has 0 bridgehead atoms. The van der Waals surface area contributed by atoms with Gasteiger partial charge in [-0.3, -0.25) is 14.4 Å². The van der Waals surface area contributed by atoms with Crippen molar-refractivity contribution in [3.05, 3.63) is 29.9 Å². The second-order valence-corrected chi connectivity index (χ2v) is 8.19. The molecule has 32 heavy (non-hydrogen) atoms. The molecule has 2 aliphatic heterocycles. The molecule has 2 saturated heterocycles. The van der Waals surface area contributed by atoms with E-state index in [0.717, 1.165) is 19.4 Å². The average molecular weight is 447 g/mol. The first-order chi connectivity index (χ1) is 15.3. The lowest BCUT2D eigenvalue weighted by Crippen LogP contribution is -2.66. The number of rotatable bonds is 4. The molecule has 0 radical (unpaired) electrons. The van der Waals surface area contributed by atoms with Crippen LogP contribution in [0.5, 0.6) is 0 Å². The van der Waals surface area contributed by atoms with E-state index < -0.39 is 5.41 Å². The van der Waals surface area contributed by atoms with Crippen molar-refractivity contribution >= 4 is 18.3 Å². The summed E-state index contributed by atoms with van der Waals surface area (Å²) in [5, 5.41) is 13.7. The number of aryl methyl sites for hydroxylation is 2. The van der Waals surface area contributed by atoms with Crippen LogP contribution in [0.3, 0.4) is 0 Å². The van der Waals surface area contributed by atoms with Crippen LogP contribution in [0.25, 0.3) is 0 Å². The summed E-state index contributed by atoms with van der Waals surface area (Å²) in [7, 11) is 3.84. The van der Waals surface area contributed by atoms with E-state index in [2.05, 4.69) is 25.3 Å². The molecule has 0 aliphatic carbocycles. The Labute approximate surface area is 185 Å². The predicted octanol–water partition coefficient (Wildman–Crippen LogP) is 0.0552. The van der Waals surface area contributed by atoms with E-state index in [-0.39, 0.29) is 30.9 Å². The van der Waals surface area contributed by atoms with E-state index in [1.54, 1.807) is 24.0 Å². The van der Waals surface area contributed by atoms with Gasteiger partial charge in [0.25, 0.3) is 12.4 Å². The van der Waals surface area contributed by atoms with Crippen LogP contribution in [0, 0.1) is 12.3 Å². The minimum absolute atomic E-state index is 0.0411. The zero-order chi connectivity index (χ0) is 23.3. The lowest BCUT2D eigenvalue weighted by molar-refractivity contribution is -0.142. The standard InChI is InChI=1S/C19H27N7O3.CH2O2/c1-13-22-16(23-29-13)10-21-18(28)19-5-4-7-26(15(19)11-24(2)8-6-19)17(27)14-9-20-12-25(14)3;2-1-3/h9,12,15H,4-8,10-11H2,1-3H3,(H,21,28);1H,(H,2,3)/t15-,19+;/m0./s1. The number of hydrogen-bond acceptors (Lipinski definition) is 8. The van der Waals surface area contributed by atoms with Gasteiger partial charge in [0.1, 0.15) is 5.69 Å². The molecule has 174 valence electrons. The first-order valence-electron chi connectivity index (χ1n) is 10.4. The highest BCUT2D eigenvalue weighted by Crippen LogP contribution is 2.43. The monoisotopic (exact) mass is 447 g/mol. The molecule has 0 spiro atoms. The van der Waals surface area contributed by atoms with Gasteiger partial charge in [0, 0.05) is 27.1 Å². The van der Waals surface area contributed by atoms with Gasteiger partial charge in [0.05, 0.1) is 30.5 Å². The number of nitrogens with one attached hydrogen (secondary N) is 1. The molecule has 4 rings (SSSR count). The van der Waals surface area contributed by atoms with Crippen LogP contribution in [-0.2, 0) is 23.2 Å². The Balaban J connectivity index is 0.000000913. The number of hydrogen-bond donors (Lipinski definition) is 2. The summed E-state index contributed by atoms with van der Waals surface area (Å²) in [4.78, 5) is 47.3. The van der Waals surface area contributed by atoms with E-state index in [0.29, 0.717) is 36.9 Å². The number of likely N-dealkylation sites (N-methyl/N-ethyl adjacent to an activating group) is 1. The number of imidazole rings is 1. The van der Waals surface area contributed by atoms with E-state index in [1.165, 1.54) is 0 Å². The van der Waals surface area contributed by atoms with E-state index in [1.807, 2.05) is 19.0 Å². The summed E-state index contributed by atoms with van der Waals surface area (Å²) >= 11 is 0. The van der Waals surface area contributed by atoms with Gasteiger partial charge in [-0.2, -0.15) is 4.98 Å². The molecule has 12 nitrogen and oxygen atoms in total. The molecule has 2 N–H and O–H groups in total. The largest absolute Gasteiger partial charge is 0.483 e. The van der Waals surface area contributed by atoms with Crippen molar-refractivity contribution in [2.45, 2.75) is 38.8 Å². The topological polar surface area (TPSA) is 147 Å². The van der Waals surface area contributed by atoms with Gasteiger partial charge in [0.15, 0.2) is 5.82 Å². The fourth-order valence-electron chi connectivity index (χ4n) is 4.61. The van der Waals surface area contributed by atoms with Crippen molar-refractivity contribution in [2.75, 3.05) is 26.7 Å². The van der Waals surface area contributed by atoms with Gasteiger partial charge in [-0.05, 0) is 32.9 Å². The van der Waals surface area contributed by atoms with Crippen LogP contribution < -0.4 is 5.32 Å². The SMILES string of the molecule is Cc1nc(CNC(=O)[C@@]23CCCN(C(=O)c4cncn4C)[C@H]2CN(C)CC3)no1.O=CO.